The normalized spacial score (nSPS) is 27.8. The van der Waals surface area contributed by atoms with E-state index in [4.69, 9.17) is 5.11 Å². The van der Waals surface area contributed by atoms with Crippen molar-refractivity contribution in [3.63, 3.8) is 0 Å². The fourth-order valence-electron chi connectivity index (χ4n) is 3.86. The molecule has 2 aliphatic rings. The van der Waals surface area contributed by atoms with Crippen molar-refractivity contribution in [1.29, 1.82) is 0 Å². The van der Waals surface area contributed by atoms with Crippen LogP contribution in [0, 0.1) is 17.7 Å². The summed E-state index contributed by atoms with van der Waals surface area (Å²) in [5.74, 6) is -0.117. The first-order valence-electron chi connectivity index (χ1n) is 6.94. The van der Waals surface area contributed by atoms with Crippen molar-refractivity contribution in [3.8, 4) is 0 Å². The molecule has 2 saturated heterocycles. The summed E-state index contributed by atoms with van der Waals surface area (Å²) in [7, 11) is 2.06. The summed E-state index contributed by atoms with van der Waals surface area (Å²) in [5.41, 5.74) is 0.997. The molecule has 2 fully saturated rings. The predicted molar refractivity (Wildman–Crippen MR) is 87.3 cm³/mol. The van der Waals surface area contributed by atoms with Gasteiger partial charge in [0, 0.05) is 25.7 Å². The van der Waals surface area contributed by atoms with E-state index in [9.17, 15) is 9.18 Å². The lowest BCUT2D eigenvalue weighted by Crippen LogP contribution is -2.32. The molecule has 1 aromatic rings. The second kappa shape index (κ2) is 7.59. The van der Waals surface area contributed by atoms with E-state index in [-0.39, 0.29) is 43.2 Å². The predicted octanol–water partition coefficient (Wildman–Crippen LogP) is 2.29. The van der Waals surface area contributed by atoms with E-state index in [2.05, 4.69) is 11.9 Å². The monoisotopic (exact) mass is 350 g/mol. The van der Waals surface area contributed by atoms with Crippen LogP contribution in [0.1, 0.15) is 11.6 Å². The van der Waals surface area contributed by atoms with Gasteiger partial charge < -0.3 is 5.11 Å². The largest absolute Gasteiger partial charge is 0.480 e. The first-order valence-corrected chi connectivity index (χ1v) is 6.94. The second-order valence-electron chi connectivity index (χ2n) is 5.95. The van der Waals surface area contributed by atoms with Crippen LogP contribution < -0.4 is 0 Å². The number of benzene rings is 1. The number of aliphatic carboxylic acids is 1. The van der Waals surface area contributed by atoms with Crippen LogP contribution in [0.25, 0.3) is 0 Å². The van der Waals surface area contributed by atoms with Crippen molar-refractivity contribution in [3.05, 3.63) is 35.6 Å². The van der Waals surface area contributed by atoms with Crippen LogP contribution >= 0.6 is 24.8 Å². The molecule has 0 saturated carbocycles. The number of carboxylic acid groups (broad SMARTS) is 1. The van der Waals surface area contributed by atoms with Crippen LogP contribution in [0.3, 0.4) is 0 Å². The molecule has 7 heteroatoms. The Kier molecular flexibility index (Phi) is 6.62. The maximum atomic E-state index is 13.4. The van der Waals surface area contributed by atoms with Gasteiger partial charge in [0.05, 0.1) is 6.54 Å². The van der Waals surface area contributed by atoms with Gasteiger partial charge >= 0.3 is 5.97 Å². The van der Waals surface area contributed by atoms with E-state index in [1.54, 1.807) is 12.1 Å². The van der Waals surface area contributed by atoms with Gasteiger partial charge in [0.25, 0.3) is 0 Å². The van der Waals surface area contributed by atoms with Crippen LogP contribution in [0.5, 0.6) is 0 Å². The Bertz CT molecular complexity index is 532. The zero-order valence-electron chi connectivity index (χ0n) is 12.3. The van der Waals surface area contributed by atoms with E-state index in [1.807, 2.05) is 11.0 Å². The van der Waals surface area contributed by atoms with E-state index < -0.39 is 5.97 Å². The molecule has 4 nitrogen and oxygen atoms in total. The number of rotatable bonds is 3. The summed E-state index contributed by atoms with van der Waals surface area (Å²) in [6.07, 6.45) is 0. The zero-order valence-corrected chi connectivity index (χ0v) is 13.9. The number of hydrogen-bond donors (Lipinski definition) is 1. The molecule has 0 aromatic heterocycles. The molecule has 2 heterocycles. The van der Waals surface area contributed by atoms with Gasteiger partial charge in [-0.2, -0.15) is 0 Å². The first kappa shape index (κ1) is 19.2. The molecular weight excluding hydrogens is 330 g/mol. The summed E-state index contributed by atoms with van der Waals surface area (Å²) in [4.78, 5) is 15.1. The van der Waals surface area contributed by atoms with Gasteiger partial charge in [0.1, 0.15) is 5.82 Å². The van der Waals surface area contributed by atoms with Crippen molar-refractivity contribution in [1.82, 2.24) is 9.80 Å². The lowest BCUT2D eigenvalue weighted by Gasteiger charge is -2.26. The van der Waals surface area contributed by atoms with Gasteiger partial charge in [-0.25, -0.2) is 4.39 Å². The minimum Gasteiger partial charge on any atom is -0.480 e. The van der Waals surface area contributed by atoms with Gasteiger partial charge in [-0.05, 0) is 36.6 Å². The molecular formula is C15H21Cl2FN2O2. The Labute approximate surface area is 142 Å². The third kappa shape index (κ3) is 3.71. The van der Waals surface area contributed by atoms with Crippen LogP contribution in [0.2, 0.25) is 0 Å². The van der Waals surface area contributed by atoms with Crippen molar-refractivity contribution in [2.75, 3.05) is 33.2 Å². The second-order valence-corrected chi connectivity index (χ2v) is 5.95. The molecule has 0 amide bonds. The topological polar surface area (TPSA) is 43.8 Å². The number of carboxylic acids is 1. The van der Waals surface area contributed by atoms with E-state index in [1.165, 1.54) is 6.07 Å². The quantitative estimate of drug-likeness (QED) is 0.908. The number of fused-ring (bicyclic) bond motifs is 1. The highest BCUT2D eigenvalue weighted by molar-refractivity contribution is 5.85. The minimum atomic E-state index is -0.777. The van der Waals surface area contributed by atoms with Crippen LogP contribution in [0.15, 0.2) is 24.3 Å². The third-order valence-electron chi connectivity index (χ3n) is 4.52. The highest BCUT2D eigenvalue weighted by Gasteiger charge is 2.46. The molecule has 124 valence electrons. The van der Waals surface area contributed by atoms with Crippen LogP contribution in [-0.4, -0.2) is 54.1 Å². The SMILES string of the molecule is CN1C[C@H]2CN(CC(=O)O)C[C@H]2[C@@H]1c1cccc(F)c1.Cl.Cl. The van der Waals surface area contributed by atoms with Gasteiger partial charge in [-0.3, -0.25) is 14.6 Å². The molecule has 3 atom stereocenters. The number of carbonyl (C=O) groups is 1. The number of likely N-dealkylation sites (tertiary alicyclic amines) is 2. The molecule has 0 unspecified atom stereocenters. The summed E-state index contributed by atoms with van der Waals surface area (Å²) in [6, 6.07) is 6.96. The molecule has 0 bridgehead atoms. The Balaban J connectivity index is 0.00000121. The highest BCUT2D eigenvalue weighted by atomic mass is 35.5. The van der Waals surface area contributed by atoms with Crippen molar-refractivity contribution in [2.24, 2.45) is 11.8 Å². The zero-order chi connectivity index (χ0) is 14.3. The van der Waals surface area contributed by atoms with Gasteiger partial charge in [-0.15, -0.1) is 24.8 Å². The molecule has 1 N–H and O–H groups in total. The summed E-state index contributed by atoms with van der Waals surface area (Å²) in [5, 5.41) is 8.91. The van der Waals surface area contributed by atoms with Crippen molar-refractivity contribution in [2.45, 2.75) is 6.04 Å². The molecule has 0 spiro atoms. The fourth-order valence-corrected chi connectivity index (χ4v) is 3.86. The highest BCUT2D eigenvalue weighted by Crippen LogP contribution is 2.43. The van der Waals surface area contributed by atoms with Crippen molar-refractivity contribution < 1.29 is 14.3 Å². The Morgan fingerprint density at radius 2 is 2.05 bits per heavy atom. The molecule has 22 heavy (non-hydrogen) atoms. The molecule has 0 radical (unpaired) electrons. The van der Waals surface area contributed by atoms with Gasteiger partial charge in [-0.1, -0.05) is 12.1 Å². The standard InChI is InChI=1S/C15H19FN2O2.2ClH/c1-17-6-11-7-18(9-14(19)20)8-13(11)15(17)10-3-2-4-12(16)5-10;;/h2-5,11,13,15H,6-9H2,1H3,(H,19,20);2*1H/t11-,13+,15-;;/m0../s1. The van der Waals surface area contributed by atoms with Gasteiger partial charge in [0.2, 0.25) is 0 Å². The lowest BCUT2D eigenvalue weighted by molar-refractivity contribution is -0.138. The minimum absolute atomic E-state index is 0. The average Bonchev–Trinajstić information content (AvgIpc) is 2.83. The Morgan fingerprint density at radius 3 is 2.68 bits per heavy atom. The summed E-state index contributed by atoms with van der Waals surface area (Å²) in [6.45, 7) is 2.66. The molecule has 3 rings (SSSR count). The third-order valence-corrected chi connectivity index (χ3v) is 4.52. The van der Waals surface area contributed by atoms with E-state index >= 15 is 0 Å². The first-order chi connectivity index (χ1) is 9.54. The Hall–Kier alpha value is -0.880. The average molecular weight is 351 g/mol. The van der Waals surface area contributed by atoms with Gasteiger partial charge in [0.15, 0.2) is 0 Å². The molecule has 1 aromatic carbocycles. The lowest BCUT2D eigenvalue weighted by atomic mass is 9.89. The van der Waals surface area contributed by atoms with Crippen LogP contribution in [-0.2, 0) is 4.79 Å². The molecule has 0 aliphatic carbocycles. The number of halogens is 3. The maximum absolute atomic E-state index is 13.4. The molecule has 2 aliphatic heterocycles. The van der Waals surface area contributed by atoms with Crippen molar-refractivity contribution >= 4 is 30.8 Å². The van der Waals surface area contributed by atoms with E-state index in [0.29, 0.717) is 11.8 Å². The number of hydrogen-bond acceptors (Lipinski definition) is 3. The maximum Gasteiger partial charge on any atom is 0.317 e. The fraction of sp³-hybridized carbons (Fsp3) is 0.533. The summed E-state index contributed by atoms with van der Waals surface area (Å²) < 4.78 is 13.4. The summed E-state index contributed by atoms with van der Waals surface area (Å²) >= 11 is 0. The number of nitrogens with zero attached hydrogens (tertiary/aromatic N) is 2. The van der Waals surface area contributed by atoms with E-state index in [0.717, 1.165) is 25.2 Å². The van der Waals surface area contributed by atoms with Crippen LogP contribution in [0.4, 0.5) is 4.39 Å². The smallest absolute Gasteiger partial charge is 0.317 e. The Morgan fingerprint density at radius 1 is 1.32 bits per heavy atom.